The van der Waals surface area contributed by atoms with Crippen molar-refractivity contribution in [3.05, 3.63) is 48.5 Å². The second-order valence-electron chi connectivity index (χ2n) is 4.94. The first kappa shape index (κ1) is 12.9. The molecule has 0 aliphatic rings. The van der Waals surface area contributed by atoms with Crippen molar-refractivity contribution in [2.75, 3.05) is 18.4 Å². The molecule has 3 N–H and O–H groups in total. The Hall–Kier alpha value is -2.13. The highest BCUT2D eigenvalue weighted by Crippen LogP contribution is 2.30. The lowest BCUT2D eigenvalue weighted by atomic mass is 10.1. The van der Waals surface area contributed by atoms with Crippen molar-refractivity contribution in [3.63, 3.8) is 0 Å². The minimum absolute atomic E-state index is 0.750. The Morgan fingerprint density at radius 2 is 1.45 bits per heavy atom. The Kier molecular flexibility index (Phi) is 3.79. The fraction of sp³-hybridized carbons (Fsp3) is 0.235. The minimum Gasteiger partial charge on any atom is -0.384 e. The third kappa shape index (κ3) is 2.45. The van der Waals surface area contributed by atoms with Gasteiger partial charge in [0.2, 0.25) is 0 Å². The Bertz CT molecular complexity index is 668. The smallest absolute Gasteiger partial charge is 0.0730 e. The van der Waals surface area contributed by atoms with Crippen LogP contribution in [0.1, 0.15) is 12.8 Å². The van der Waals surface area contributed by atoms with E-state index in [1.165, 1.54) is 16.5 Å². The van der Waals surface area contributed by atoms with Crippen molar-refractivity contribution >= 4 is 27.5 Å². The summed E-state index contributed by atoms with van der Waals surface area (Å²) < 4.78 is 0. The summed E-state index contributed by atoms with van der Waals surface area (Å²) >= 11 is 0. The van der Waals surface area contributed by atoms with Gasteiger partial charge in [0.1, 0.15) is 0 Å². The summed E-state index contributed by atoms with van der Waals surface area (Å²) in [6, 6.07) is 16.6. The van der Waals surface area contributed by atoms with Gasteiger partial charge in [-0.2, -0.15) is 0 Å². The second-order valence-corrected chi connectivity index (χ2v) is 4.94. The molecule has 2 aromatic carbocycles. The first-order chi connectivity index (χ1) is 9.90. The molecule has 102 valence electrons. The van der Waals surface area contributed by atoms with Crippen LogP contribution >= 0.6 is 0 Å². The van der Waals surface area contributed by atoms with E-state index in [0.29, 0.717) is 0 Å². The van der Waals surface area contributed by atoms with E-state index in [1.807, 2.05) is 12.1 Å². The van der Waals surface area contributed by atoms with Gasteiger partial charge in [-0.05, 0) is 31.5 Å². The van der Waals surface area contributed by atoms with Crippen molar-refractivity contribution in [1.29, 1.82) is 0 Å². The molecule has 3 heteroatoms. The number of hydrogen-bond donors (Lipinski definition) is 2. The molecule has 0 saturated heterocycles. The van der Waals surface area contributed by atoms with E-state index < -0.39 is 0 Å². The molecular formula is C17H19N3. The van der Waals surface area contributed by atoms with Crippen LogP contribution in [0.3, 0.4) is 0 Å². The van der Waals surface area contributed by atoms with Crippen LogP contribution in [0.4, 0.5) is 5.69 Å². The number of unbranched alkanes of at least 4 members (excludes halogenated alkanes) is 1. The van der Waals surface area contributed by atoms with Crippen LogP contribution < -0.4 is 11.1 Å². The number of para-hydroxylation sites is 2. The van der Waals surface area contributed by atoms with Crippen LogP contribution in [0, 0.1) is 0 Å². The Morgan fingerprint density at radius 1 is 0.850 bits per heavy atom. The molecule has 0 saturated carbocycles. The molecule has 0 unspecified atom stereocenters. The number of hydrogen-bond acceptors (Lipinski definition) is 3. The summed E-state index contributed by atoms with van der Waals surface area (Å²) in [7, 11) is 0. The quantitative estimate of drug-likeness (QED) is 0.548. The van der Waals surface area contributed by atoms with Gasteiger partial charge >= 0.3 is 0 Å². The lowest BCUT2D eigenvalue weighted by molar-refractivity contribution is 0.775. The number of anilines is 1. The highest BCUT2D eigenvalue weighted by Gasteiger charge is 2.07. The van der Waals surface area contributed by atoms with Crippen LogP contribution in [0.15, 0.2) is 48.5 Å². The normalized spacial score (nSPS) is 11.1. The molecule has 0 aliphatic carbocycles. The topological polar surface area (TPSA) is 50.9 Å². The number of rotatable bonds is 5. The molecule has 0 fully saturated rings. The second kappa shape index (κ2) is 5.88. The molecule has 3 rings (SSSR count). The predicted octanol–water partition coefficient (Wildman–Crippen LogP) is 3.54. The highest BCUT2D eigenvalue weighted by molar-refractivity contribution is 6.07. The van der Waals surface area contributed by atoms with Crippen LogP contribution in [-0.2, 0) is 0 Å². The van der Waals surface area contributed by atoms with Crippen LogP contribution in [-0.4, -0.2) is 18.1 Å². The number of benzene rings is 2. The molecular weight excluding hydrogens is 246 g/mol. The maximum atomic E-state index is 5.55. The number of aromatic nitrogens is 1. The van der Waals surface area contributed by atoms with Gasteiger partial charge < -0.3 is 11.1 Å². The van der Waals surface area contributed by atoms with Crippen LogP contribution in [0.2, 0.25) is 0 Å². The maximum Gasteiger partial charge on any atom is 0.0730 e. The van der Waals surface area contributed by atoms with E-state index in [0.717, 1.165) is 37.0 Å². The maximum absolute atomic E-state index is 5.55. The Morgan fingerprint density at radius 3 is 2.05 bits per heavy atom. The lowest BCUT2D eigenvalue weighted by Gasteiger charge is -2.13. The molecule has 1 heterocycles. The van der Waals surface area contributed by atoms with Crippen molar-refractivity contribution in [1.82, 2.24) is 4.98 Å². The van der Waals surface area contributed by atoms with Crippen molar-refractivity contribution in [2.24, 2.45) is 5.73 Å². The van der Waals surface area contributed by atoms with Crippen LogP contribution in [0.25, 0.3) is 21.8 Å². The first-order valence-electron chi connectivity index (χ1n) is 7.11. The van der Waals surface area contributed by atoms with E-state index >= 15 is 0 Å². The Balaban J connectivity index is 2.08. The SMILES string of the molecule is NCCCCNc1c2ccccc2nc2ccccc12. The molecule has 0 radical (unpaired) electrons. The van der Waals surface area contributed by atoms with Crippen molar-refractivity contribution in [3.8, 4) is 0 Å². The number of pyridine rings is 1. The van der Waals surface area contributed by atoms with Gasteiger partial charge in [-0.1, -0.05) is 36.4 Å². The molecule has 20 heavy (non-hydrogen) atoms. The largest absolute Gasteiger partial charge is 0.384 e. The number of nitrogens with zero attached hydrogens (tertiary/aromatic N) is 1. The molecule has 3 nitrogen and oxygen atoms in total. The summed E-state index contributed by atoms with van der Waals surface area (Å²) in [5, 5.41) is 5.93. The van der Waals surface area contributed by atoms with E-state index in [2.05, 4.69) is 41.7 Å². The van der Waals surface area contributed by atoms with E-state index in [4.69, 9.17) is 10.7 Å². The first-order valence-corrected chi connectivity index (χ1v) is 7.11. The molecule has 0 aliphatic heterocycles. The third-order valence-corrected chi connectivity index (χ3v) is 3.52. The van der Waals surface area contributed by atoms with Crippen molar-refractivity contribution in [2.45, 2.75) is 12.8 Å². The summed E-state index contributed by atoms with van der Waals surface area (Å²) in [4.78, 5) is 4.72. The van der Waals surface area contributed by atoms with Crippen LogP contribution in [0.5, 0.6) is 0 Å². The predicted molar refractivity (Wildman–Crippen MR) is 86.0 cm³/mol. The van der Waals surface area contributed by atoms with E-state index in [9.17, 15) is 0 Å². The fourth-order valence-electron chi connectivity index (χ4n) is 2.51. The number of fused-ring (bicyclic) bond motifs is 2. The summed E-state index contributed by atoms with van der Waals surface area (Å²) in [6.07, 6.45) is 2.13. The molecule has 1 aromatic heterocycles. The summed E-state index contributed by atoms with van der Waals surface area (Å²) in [5.74, 6) is 0. The third-order valence-electron chi connectivity index (χ3n) is 3.52. The minimum atomic E-state index is 0.750. The van der Waals surface area contributed by atoms with E-state index in [-0.39, 0.29) is 0 Å². The van der Waals surface area contributed by atoms with Gasteiger partial charge in [0.15, 0.2) is 0 Å². The van der Waals surface area contributed by atoms with E-state index in [1.54, 1.807) is 0 Å². The zero-order valence-corrected chi connectivity index (χ0v) is 11.5. The van der Waals surface area contributed by atoms with Gasteiger partial charge in [0.25, 0.3) is 0 Å². The van der Waals surface area contributed by atoms with Gasteiger partial charge in [0.05, 0.1) is 16.7 Å². The average molecular weight is 265 g/mol. The Labute approximate surface area is 118 Å². The number of nitrogens with one attached hydrogen (secondary N) is 1. The number of nitrogens with two attached hydrogens (primary N) is 1. The molecule has 0 amide bonds. The van der Waals surface area contributed by atoms with Gasteiger partial charge in [-0.25, -0.2) is 4.98 Å². The zero-order valence-electron chi connectivity index (χ0n) is 11.5. The fourth-order valence-corrected chi connectivity index (χ4v) is 2.51. The van der Waals surface area contributed by atoms with Gasteiger partial charge in [-0.3, -0.25) is 0 Å². The molecule has 3 aromatic rings. The lowest BCUT2D eigenvalue weighted by Crippen LogP contribution is -2.06. The molecule has 0 atom stereocenters. The van der Waals surface area contributed by atoms with Gasteiger partial charge in [0, 0.05) is 17.3 Å². The monoisotopic (exact) mass is 265 g/mol. The summed E-state index contributed by atoms with van der Waals surface area (Å²) in [6.45, 7) is 1.69. The van der Waals surface area contributed by atoms with Gasteiger partial charge in [-0.15, -0.1) is 0 Å². The molecule has 0 bridgehead atoms. The summed E-state index contributed by atoms with van der Waals surface area (Å²) in [5.41, 5.74) is 8.80. The molecule has 0 spiro atoms. The zero-order chi connectivity index (χ0) is 13.8. The standard InChI is InChI=1S/C17H19N3/c18-11-5-6-12-19-17-13-7-1-3-9-15(13)20-16-10-4-2-8-14(16)17/h1-4,7-10H,5-6,11-12,18H2,(H,19,20). The van der Waals surface area contributed by atoms with Crippen molar-refractivity contribution < 1.29 is 0 Å². The highest BCUT2D eigenvalue weighted by atomic mass is 14.9. The average Bonchev–Trinajstić information content (AvgIpc) is 2.50.